The molecule has 0 saturated carbocycles. The summed E-state index contributed by atoms with van der Waals surface area (Å²) in [5.74, 6) is 0.629. The summed E-state index contributed by atoms with van der Waals surface area (Å²) in [6.07, 6.45) is 3.44. The Balaban J connectivity index is 2.02. The normalized spacial score (nSPS) is 14.1. The van der Waals surface area contributed by atoms with E-state index in [1.807, 2.05) is 36.1 Å². The van der Waals surface area contributed by atoms with Crippen molar-refractivity contribution in [3.63, 3.8) is 0 Å². The van der Waals surface area contributed by atoms with Gasteiger partial charge >= 0.3 is 5.69 Å². The number of nitro groups is 1. The van der Waals surface area contributed by atoms with Crippen LogP contribution in [0.2, 0.25) is 0 Å². The Bertz CT molecular complexity index is 698. The Kier molecular flexibility index (Phi) is 3.86. The molecule has 3 rings (SSSR count). The summed E-state index contributed by atoms with van der Waals surface area (Å²) >= 11 is 0. The third kappa shape index (κ3) is 2.69. The average molecular weight is 299 g/mol. The lowest BCUT2D eigenvalue weighted by Crippen LogP contribution is -2.21. The lowest BCUT2D eigenvalue weighted by atomic mass is 10.2. The van der Waals surface area contributed by atoms with Gasteiger partial charge in [0.1, 0.15) is 6.33 Å². The van der Waals surface area contributed by atoms with Crippen molar-refractivity contribution in [2.45, 2.75) is 19.8 Å². The minimum Gasteiger partial charge on any atom is -0.351 e. The van der Waals surface area contributed by atoms with Crippen molar-refractivity contribution in [2.75, 3.05) is 23.3 Å². The van der Waals surface area contributed by atoms with Crippen molar-refractivity contribution >= 4 is 23.0 Å². The highest BCUT2D eigenvalue weighted by Crippen LogP contribution is 2.35. The van der Waals surface area contributed by atoms with Crippen LogP contribution >= 0.6 is 0 Å². The minimum absolute atomic E-state index is 0.0624. The van der Waals surface area contributed by atoms with Crippen LogP contribution in [0.1, 0.15) is 18.4 Å². The molecule has 1 aromatic carbocycles. The van der Waals surface area contributed by atoms with Gasteiger partial charge in [-0.15, -0.1) is 0 Å². The maximum absolute atomic E-state index is 11.5. The first-order valence-electron chi connectivity index (χ1n) is 7.24. The second-order valence-electron chi connectivity index (χ2n) is 5.29. The number of nitrogens with one attached hydrogen (secondary N) is 1. The minimum atomic E-state index is -0.408. The van der Waals surface area contributed by atoms with E-state index in [1.54, 1.807) is 0 Å². The van der Waals surface area contributed by atoms with Crippen LogP contribution in [0, 0.1) is 17.0 Å². The molecule has 1 N–H and O–H groups in total. The summed E-state index contributed by atoms with van der Waals surface area (Å²) in [7, 11) is 0. The number of hydrogen-bond acceptors (Lipinski definition) is 6. The maximum atomic E-state index is 11.5. The van der Waals surface area contributed by atoms with Gasteiger partial charge in [0.05, 0.1) is 4.92 Å². The van der Waals surface area contributed by atoms with Crippen molar-refractivity contribution in [2.24, 2.45) is 0 Å². The SMILES string of the molecule is Cc1ccccc1Nc1ncnc(N2CCCC2)c1[N+](=O)[O-]. The van der Waals surface area contributed by atoms with Crippen molar-refractivity contribution in [1.29, 1.82) is 0 Å². The predicted octanol–water partition coefficient (Wildman–Crippen LogP) is 3.04. The quantitative estimate of drug-likeness (QED) is 0.690. The molecule has 1 fully saturated rings. The van der Waals surface area contributed by atoms with E-state index in [0.717, 1.165) is 37.2 Å². The van der Waals surface area contributed by atoms with Gasteiger partial charge in [0, 0.05) is 18.8 Å². The number of benzene rings is 1. The van der Waals surface area contributed by atoms with E-state index in [0.29, 0.717) is 5.82 Å². The summed E-state index contributed by atoms with van der Waals surface area (Å²) in [5.41, 5.74) is 1.74. The van der Waals surface area contributed by atoms with Crippen molar-refractivity contribution in [1.82, 2.24) is 9.97 Å². The zero-order chi connectivity index (χ0) is 15.5. The van der Waals surface area contributed by atoms with Crippen molar-refractivity contribution in [3.8, 4) is 0 Å². The van der Waals surface area contributed by atoms with E-state index in [9.17, 15) is 10.1 Å². The fourth-order valence-corrected chi connectivity index (χ4v) is 2.63. The highest BCUT2D eigenvalue weighted by molar-refractivity contribution is 5.75. The molecule has 1 aromatic heterocycles. The molecule has 0 spiro atoms. The highest BCUT2D eigenvalue weighted by Gasteiger charge is 2.28. The summed E-state index contributed by atoms with van der Waals surface area (Å²) in [6, 6.07) is 7.61. The van der Waals surface area contributed by atoms with E-state index < -0.39 is 4.92 Å². The molecule has 0 radical (unpaired) electrons. The molecule has 7 heteroatoms. The lowest BCUT2D eigenvalue weighted by molar-refractivity contribution is -0.383. The maximum Gasteiger partial charge on any atom is 0.353 e. The van der Waals surface area contributed by atoms with E-state index in [2.05, 4.69) is 15.3 Å². The van der Waals surface area contributed by atoms with Crippen LogP contribution in [0.15, 0.2) is 30.6 Å². The highest BCUT2D eigenvalue weighted by atomic mass is 16.6. The van der Waals surface area contributed by atoms with Gasteiger partial charge in [-0.1, -0.05) is 18.2 Å². The predicted molar refractivity (Wildman–Crippen MR) is 84.6 cm³/mol. The van der Waals surface area contributed by atoms with E-state index in [-0.39, 0.29) is 11.5 Å². The molecular formula is C15H17N5O2. The van der Waals surface area contributed by atoms with Gasteiger partial charge in [0.2, 0.25) is 11.6 Å². The van der Waals surface area contributed by atoms with Gasteiger partial charge in [0.15, 0.2) is 0 Å². The number of rotatable bonds is 4. The van der Waals surface area contributed by atoms with E-state index >= 15 is 0 Å². The smallest absolute Gasteiger partial charge is 0.351 e. The van der Waals surface area contributed by atoms with Gasteiger partial charge < -0.3 is 10.2 Å². The molecule has 0 atom stereocenters. The Labute approximate surface area is 128 Å². The van der Waals surface area contributed by atoms with Gasteiger partial charge in [-0.25, -0.2) is 9.97 Å². The molecule has 0 bridgehead atoms. The van der Waals surface area contributed by atoms with Gasteiger partial charge in [-0.3, -0.25) is 10.1 Å². The van der Waals surface area contributed by atoms with Crippen LogP contribution in [0.3, 0.4) is 0 Å². The Morgan fingerprint density at radius 2 is 1.95 bits per heavy atom. The van der Waals surface area contributed by atoms with Crippen LogP contribution in [0.5, 0.6) is 0 Å². The zero-order valence-corrected chi connectivity index (χ0v) is 12.3. The van der Waals surface area contributed by atoms with Gasteiger partial charge in [-0.2, -0.15) is 0 Å². The van der Waals surface area contributed by atoms with Crippen LogP contribution < -0.4 is 10.2 Å². The molecule has 1 aliphatic heterocycles. The molecule has 0 aliphatic carbocycles. The summed E-state index contributed by atoms with van der Waals surface area (Å²) in [4.78, 5) is 21.3. The molecule has 1 saturated heterocycles. The third-order valence-corrected chi connectivity index (χ3v) is 3.79. The number of nitrogens with zero attached hydrogens (tertiary/aromatic N) is 4. The molecule has 1 aliphatic rings. The van der Waals surface area contributed by atoms with Crippen LogP contribution in [-0.4, -0.2) is 28.0 Å². The first kappa shape index (κ1) is 14.2. The molecule has 114 valence electrons. The molecule has 0 amide bonds. The first-order chi connectivity index (χ1) is 10.7. The van der Waals surface area contributed by atoms with Crippen molar-refractivity contribution in [3.05, 3.63) is 46.3 Å². The number of hydrogen-bond donors (Lipinski definition) is 1. The molecular weight excluding hydrogens is 282 g/mol. The third-order valence-electron chi connectivity index (χ3n) is 3.79. The standard InChI is InChI=1S/C15H17N5O2/c1-11-6-2-3-7-12(11)18-14-13(20(21)22)15(17-10-16-14)19-8-4-5-9-19/h2-3,6-7,10H,4-5,8-9H2,1H3,(H,16,17,18). The fraction of sp³-hybridized carbons (Fsp3) is 0.333. The summed E-state index contributed by atoms with van der Waals surface area (Å²) in [5, 5.41) is 14.6. The second-order valence-corrected chi connectivity index (χ2v) is 5.29. The molecule has 0 unspecified atom stereocenters. The zero-order valence-electron chi connectivity index (χ0n) is 12.3. The van der Waals surface area contributed by atoms with Crippen LogP contribution in [0.25, 0.3) is 0 Å². The Morgan fingerprint density at radius 3 is 2.64 bits per heavy atom. The van der Waals surface area contributed by atoms with E-state index in [4.69, 9.17) is 0 Å². The Morgan fingerprint density at radius 1 is 1.23 bits per heavy atom. The second kappa shape index (κ2) is 5.97. The monoisotopic (exact) mass is 299 g/mol. The molecule has 2 heterocycles. The lowest BCUT2D eigenvalue weighted by Gasteiger charge is -2.17. The Hall–Kier alpha value is -2.70. The summed E-state index contributed by atoms with van der Waals surface area (Å²) < 4.78 is 0. The molecule has 2 aromatic rings. The number of para-hydroxylation sites is 1. The number of anilines is 3. The number of aryl methyl sites for hydroxylation is 1. The fourth-order valence-electron chi connectivity index (χ4n) is 2.63. The first-order valence-corrected chi connectivity index (χ1v) is 7.24. The summed E-state index contributed by atoms with van der Waals surface area (Å²) in [6.45, 7) is 3.53. The topological polar surface area (TPSA) is 84.2 Å². The number of aromatic nitrogens is 2. The average Bonchev–Trinajstić information content (AvgIpc) is 3.03. The largest absolute Gasteiger partial charge is 0.353 e. The van der Waals surface area contributed by atoms with Crippen molar-refractivity contribution < 1.29 is 4.92 Å². The van der Waals surface area contributed by atoms with Crippen LogP contribution in [-0.2, 0) is 0 Å². The molecule has 22 heavy (non-hydrogen) atoms. The van der Waals surface area contributed by atoms with Crippen LogP contribution in [0.4, 0.5) is 23.0 Å². The molecule has 7 nitrogen and oxygen atoms in total. The van der Waals surface area contributed by atoms with Gasteiger partial charge in [0.25, 0.3) is 0 Å². The van der Waals surface area contributed by atoms with E-state index in [1.165, 1.54) is 6.33 Å². The van der Waals surface area contributed by atoms with Gasteiger partial charge in [-0.05, 0) is 31.4 Å².